The van der Waals surface area contributed by atoms with E-state index < -0.39 is 5.97 Å². The van der Waals surface area contributed by atoms with Crippen LogP contribution in [0.5, 0.6) is 0 Å². The van der Waals surface area contributed by atoms with E-state index in [2.05, 4.69) is 22.3 Å². The molecule has 0 unspecified atom stereocenters. The van der Waals surface area contributed by atoms with E-state index in [0.29, 0.717) is 17.9 Å². The van der Waals surface area contributed by atoms with E-state index in [-0.39, 0.29) is 0 Å². The molecule has 2 heterocycles. The van der Waals surface area contributed by atoms with Gasteiger partial charge in [0.05, 0.1) is 12.8 Å². The van der Waals surface area contributed by atoms with Crippen LogP contribution in [0.3, 0.4) is 0 Å². The minimum absolute atomic E-state index is 0.310. The molecule has 0 saturated carbocycles. The molecule has 2 aromatic heterocycles. The molecule has 0 amide bonds. The third-order valence-corrected chi connectivity index (χ3v) is 3.68. The maximum atomic E-state index is 11.9. The molecule has 0 aliphatic rings. The van der Waals surface area contributed by atoms with Crippen molar-refractivity contribution in [3.8, 4) is 0 Å². The molecule has 0 bridgehead atoms. The predicted molar refractivity (Wildman–Crippen MR) is 90.8 cm³/mol. The summed E-state index contributed by atoms with van der Waals surface area (Å²) in [6.45, 7) is 5.20. The zero-order valence-corrected chi connectivity index (χ0v) is 14.0. The Morgan fingerprint density at radius 2 is 2.00 bits per heavy atom. The molecule has 0 saturated heterocycles. The molecule has 2 aromatic rings. The van der Waals surface area contributed by atoms with Crippen LogP contribution >= 0.6 is 0 Å². The van der Waals surface area contributed by atoms with Gasteiger partial charge in [0.25, 0.3) is 0 Å². The standard InChI is InChI=1S/C17H26N4O2/c1-3-5-6-7-8-9-11-18-16-13-14(17(22)23-4-2)20-15-10-12-19-21(15)16/h10,12-13,18H,3-9,11H2,1-2H3. The molecule has 1 N–H and O–H groups in total. The molecule has 0 spiro atoms. The van der Waals surface area contributed by atoms with E-state index >= 15 is 0 Å². The van der Waals surface area contributed by atoms with Crippen LogP contribution in [0.1, 0.15) is 62.9 Å². The van der Waals surface area contributed by atoms with E-state index in [4.69, 9.17) is 4.74 Å². The van der Waals surface area contributed by atoms with E-state index in [1.54, 1.807) is 29.8 Å². The van der Waals surface area contributed by atoms with Crippen molar-refractivity contribution in [2.45, 2.75) is 52.4 Å². The van der Waals surface area contributed by atoms with Gasteiger partial charge in [0.2, 0.25) is 0 Å². The fourth-order valence-corrected chi connectivity index (χ4v) is 2.47. The van der Waals surface area contributed by atoms with Crippen molar-refractivity contribution in [2.75, 3.05) is 18.5 Å². The molecule has 0 radical (unpaired) electrons. The molecule has 2 rings (SSSR count). The van der Waals surface area contributed by atoms with Crippen LogP contribution in [-0.4, -0.2) is 33.7 Å². The van der Waals surface area contributed by atoms with Crippen LogP contribution in [0.15, 0.2) is 18.3 Å². The first-order chi connectivity index (χ1) is 11.3. The average molecular weight is 318 g/mol. The molecule has 0 atom stereocenters. The highest BCUT2D eigenvalue weighted by Gasteiger charge is 2.13. The van der Waals surface area contributed by atoms with Crippen LogP contribution < -0.4 is 5.32 Å². The lowest BCUT2D eigenvalue weighted by molar-refractivity contribution is 0.0519. The fraction of sp³-hybridized carbons (Fsp3) is 0.588. The maximum Gasteiger partial charge on any atom is 0.357 e. The number of hydrogen-bond donors (Lipinski definition) is 1. The molecule has 0 fully saturated rings. The number of hydrogen-bond acceptors (Lipinski definition) is 5. The number of anilines is 1. The van der Waals surface area contributed by atoms with Crippen molar-refractivity contribution < 1.29 is 9.53 Å². The Balaban J connectivity index is 1.95. The number of carbonyl (C=O) groups excluding carboxylic acids is 1. The van der Waals surface area contributed by atoms with E-state index in [9.17, 15) is 4.79 Å². The van der Waals surface area contributed by atoms with Crippen molar-refractivity contribution in [3.63, 3.8) is 0 Å². The fourth-order valence-electron chi connectivity index (χ4n) is 2.47. The molecular weight excluding hydrogens is 292 g/mol. The predicted octanol–water partition coefficient (Wildman–Crippen LogP) is 3.68. The zero-order valence-electron chi connectivity index (χ0n) is 14.0. The SMILES string of the molecule is CCCCCCCCNc1cc(C(=O)OCC)nc2ccnn12. The molecule has 6 heteroatoms. The second kappa shape index (κ2) is 9.12. The van der Waals surface area contributed by atoms with Crippen molar-refractivity contribution in [2.24, 2.45) is 0 Å². The van der Waals surface area contributed by atoms with Gasteiger partial charge in [-0.25, -0.2) is 9.78 Å². The summed E-state index contributed by atoms with van der Waals surface area (Å²) in [6.07, 6.45) is 9.15. The summed E-state index contributed by atoms with van der Waals surface area (Å²) in [5.74, 6) is 0.371. The normalized spacial score (nSPS) is 10.9. The smallest absolute Gasteiger partial charge is 0.357 e. The summed E-state index contributed by atoms with van der Waals surface area (Å²) >= 11 is 0. The lowest BCUT2D eigenvalue weighted by Gasteiger charge is -2.10. The van der Waals surface area contributed by atoms with Gasteiger partial charge in [-0.15, -0.1) is 0 Å². The summed E-state index contributed by atoms with van der Waals surface area (Å²) in [5, 5.41) is 7.60. The number of carbonyl (C=O) groups is 1. The van der Waals surface area contributed by atoms with Gasteiger partial charge in [0.15, 0.2) is 11.3 Å². The maximum absolute atomic E-state index is 11.9. The second-order valence-electron chi connectivity index (χ2n) is 5.54. The van der Waals surface area contributed by atoms with Gasteiger partial charge in [-0.2, -0.15) is 9.61 Å². The first-order valence-corrected chi connectivity index (χ1v) is 8.52. The first kappa shape index (κ1) is 17.2. The Morgan fingerprint density at radius 1 is 1.22 bits per heavy atom. The third-order valence-electron chi connectivity index (χ3n) is 3.68. The van der Waals surface area contributed by atoms with Crippen molar-refractivity contribution in [1.29, 1.82) is 0 Å². The number of nitrogens with one attached hydrogen (secondary N) is 1. The Hall–Kier alpha value is -2.11. The quantitative estimate of drug-likeness (QED) is 0.534. The van der Waals surface area contributed by atoms with Crippen LogP contribution in [0, 0.1) is 0 Å². The minimum atomic E-state index is -0.404. The van der Waals surface area contributed by atoms with Gasteiger partial charge in [0.1, 0.15) is 5.82 Å². The lowest BCUT2D eigenvalue weighted by Crippen LogP contribution is -2.12. The summed E-state index contributed by atoms with van der Waals surface area (Å²) in [6, 6.07) is 3.48. The highest BCUT2D eigenvalue weighted by atomic mass is 16.5. The Bertz CT molecular complexity index is 624. The molecule has 23 heavy (non-hydrogen) atoms. The van der Waals surface area contributed by atoms with Gasteiger partial charge in [-0.1, -0.05) is 39.0 Å². The molecule has 6 nitrogen and oxygen atoms in total. The van der Waals surface area contributed by atoms with Crippen LogP contribution in [0.25, 0.3) is 5.65 Å². The highest BCUT2D eigenvalue weighted by Crippen LogP contribution is 2.14. The number of aromatic nitrogens is 3. The Kier molecular flexibility index (Phi) is 6.84. The first-order valence-electron chi connectivity index (χ1n) is 8.52. The average Bonchev–Trinajstić information content (AvgIpc) is 3.02. The molecule has 126 valence electrons. The Morgan fingerprint density at radius 3 is 2.78 bits per heavy atom. The van der Waals surface area contributed by atoms with Crippen LogP contribution in [0.2, 0.25) is 0 Å². The summed E-state index contributed by atoms with van der Waals surface area (Å²) in [5.41, 5.74) is 0.950. The van der Waals surface area contributed by atoms with Gasteiger partial charge >= 0.3 is 5.97 Å². The summed E-state index contributed by atoms with van der Waals surface area (Å²) in [7, 11) is 0. The minimum Gasteiger partial charge on any atom is -0.461 e. The molecule has 0 aromatic carbocycles. The van der Waals surface area contributed by atoms with Gasteiger partial charge in [-0.05, 0) is 13.3 Å². The monoisotopic (exact) mass is 318 g/mol. The van der Waals surface area contributed by atoms with Gasteiger partial charge in [-0.3, -0.25) is 0 Å². The largest absolute Gasteiger partial charge is 0.461 e. The lowest BCUT2D eigenvalue weighted by atomic mass is 10.1. The number of unbranched alkanes of at least 4 members (excludes halogenated alkanes) is 5. The van der Waals surface area contributed by atoms with Crippen molar-refractivity contribution in [3.05, 3.63) is 24.0 Å². The second-order valence-corrected chi connectivity index (χ2v) is 5.54. The molecular formula is C17H26N4O2. The summed E-state index contributed by atoms with van der Waals surface area (Å²) < 4.78 is 6.74. The third kappa shape index (κ3) is 4.94. The van der Waals surface area contributed by atoms with E-state index in [1.807, 2.05) is 0 Å². The summed E-state index contributed by atoms with van der Waals surface area (Å²) in [4.78, 5) is 16.2. The number of rotatable bonds is 10. The Labute approximate surface area is 137 Å². The van der Waals surface area contributed by atoms with E-state index in [1.165, 1.54) is 32.1 Å². The molecule has 0 aliphatic heterocycles. The van der Waals surface area contributed by atoms with Crippen molar-refractivity contribution >= 4 is 17.4 Å². The number of esters is 1. The number of nitrogens with zero attached hydrogens (tertiary/aromatic N) is 3. The number of fused-ring (bicyclic) bond motifs is 1. The number of ether oxygens (including phenoxy) is 1. The van der Waals surface area contributed by atoms with Crippen LogP contribution in [-0.2, 0) is 4.74 Å². The zero-order chi connectivity index (χ0) is 16.5. The van der Waals surface area contributed by atoms with Crippen molar-refractivity contribution in [1.82, 2.24) is 14.6 Å². The van der Waals surface area contributed by atoms with Crippen LogP contribution in [0.4, 0.5) is 5.82 Å². The molecule has 0 aliphatic carbocycles. The highest BCUT2D eigenvalue weighted by molar-refractivity contribution is 5.88. The van der Waals surface area contributed by atoms with Gasteiger partial charge < -0.3 is 10.1 Å². The topological polar surface area (TPSA) is 68.5 Å². The van der Waals surface area contributed by atoms with E-state index in [0.717, 1.165) is 18.8 Å². The van der Waals surface area contributed by atoms with Gasteiger partial charge in [0, 0.05) is 18.7 Å².